The molecule has 0 N–H and O–H groups in total. The number of nitrogens with zero attached hydrogens (tertiary/aromatic N) is 2. The lowest BCUT2D eigenvalue weighted by atomic mass is 10.2. The van der Waals surface area contributed by atoms with E-state index in [1.165, 1.54) is 20.9 Å². The van der Waals surface area contributed by atoms with Crippen molar-refractivity contribution in [1.82, 2.24) is 8.54 Å². The first-order chi connectivity index (χ1) is 12.8. The maximum atomic E-state index is 13.7. The van der Waals surface area contributed by atoms with Gasteiger partial charge in [-0.25, -0.2) is 13.0 Å². The van der Waals surface area contributed by atoms with E-state index in [-0.39, 0.29) is 22.9 Å². The highest BCUT2D eigenvalue weighted by atomic mass is 35.5. The van der Waals surface area contributed by atoms with Crippen molar-refractivity contribution in [3.05, 3.63) is 81.0 Å². The van der Waals surface area contributed by atoms with E-state index in [0.717, 1.165) is 12.1 Å². The van der Waals surface area contributed by atoms with Crippen molar-refractivity contribution in [3.8, 4) is 11.4 Å². The summed E-state index contributed by atoms with van der Waals surface area (Å²) in [6.45, 7) is 1.48. The lowest BCUT2D eigenvalue weighted by Crippen LogP contribution is -2.21. The van der Waals surface area contributed by atoms with E-state index in [4.69, 9.17) is 16.3 Å². The summed E-state index contributed by atoms with van der Waals surface area (Å²) >= 11 is 6.14. The van der Waals surface area contributed by atoms with E-state index in [2.05, 4.69) is 0 Å². The van der Waals surface area contributed by atoms with E-state index >= 15 is 0 Å². The highest BCUT2D eigenvalue weighted by Gasteiger charge is 2.15. The summed E-state index contributed by atoms with van der Waals surface area (Å²) < 4.78 is 46.5. The average molecular weight is 413 g/mol. The predicted octanol–water partition coefficient (Wildman–Crippen LogP) is 3.60. The summed E-state index contributed by atoms with van der Waals surface area (Å²) in [6.07, 6.45) is 4.67. The number of ether oxygens (including phenoxy) is 1. The molecule has 0 spiro atoms. The Morgan fingerprint density at radius 3 is 2.59 bits per heavy atom. The molecule has 27 heavy (non-hydrogen) atoms. The van der Waals surface area contributed by atoms with Crippen molar-refractivity contribution in [2.75, 3.05) is 6.26 Å². The average Bonchev–Trinajstić information content (AvgIpc) is 3.08. The van der Waals surface area contributed by atoms with Crippen LogP contribution in [0.4, 0.5) is 8.78 Å². The number of halogens is 3. The number of hydrogen-bond acceptors (Lipinski definition) is 3. The first kappa shape index (κ1) is 19.3. The van der Waals surface area contributed by atoms with Gasteiger partial charge >= 0.3 is 0 Å². The highest BCUT2D eigenvalue weighted by Crippen LogP contribution is 2.25. The maximum Gasteiger partial charge on any atom is 0.277 e. The van der Waals surface area contributed by atoms with Crippen LogP contribution in [0.1, 0.15) is 11.3 Å². The number of pyridine rings is 1. The summed E-state index contributed by atoms with van der Waals surface area (Å²) in [5, 5.41) is -0.173. The third-order valence-electron chi connectivity index (χ3n) is 3.90. The van der Waals surface area contributed by atoms with Gasteiger partial charge in [0.1, 0.15) is 40.0 Å². The van der Waals surface area contributed by atoms with Crippen LogP contribution in [0.2, 0.25) is 5.02 Å². The topological polar surface area (TPSA) is 53.2 Å². The van der Waals surface area contributed by atoms with Gasteiger partial charge in [0, 0.05) is 42.0 Å². The zero-order valence-corrected chi connectivity index (χ0v) is 16.0. The summed E-state index contributed by atoms with van der Waals surface area (Å²) in [4.78, 5) is 12.7. The Bertz CT molecular complexity index is 1090. The monoisotopic (exact) mass is 412 g/mol. The van der Waals surface area contributed by atoms with E-state index in [9.17, 15) is 17.8 Å². The van der Waals surface area contributed by atoms with E-state index in [1.807, 2.05) is 0 Å². The number of aryl methyl sites for hydroxylation is 1. The van der Waals surface area contributed by atoms with Gasteiger partial charge in [0.2, 0.25) is 0 Å². The van der Waals surface area contributed by atoms with Crippen molar-refractivity contribution in [1.29, 1.82) is 0 Å². The van der Waals surface area contributed by atoms with Crippen LogP contribution < -0.4 is 10.3 Å². The second-order valence-electron chi connectivity index (χ2n) is 5.78. The van der Waals surface area contributed by atoms with Gasteiger partial charge in [0.15, 0.2) is 0 Å². The molecule has 3 aromatic rings. The summed E-state index contributed by atoms with van der Waals surface area (Å²) in [5.41, 5.74) is 0.645. The minimum atomic E-state index is -1.25. The lowest BCUT2D eigenvalue weighted by Gasteiger charge is -2.13. The summed E-state index contributed by atoms with van der Waals surface area (Å²) in [7, 11) is -1.25. The van der Waals surface area contributed by atoms with Crippen LogP contribution in [0.3, 0.4) is 0 Å². The predicted molar refractivity (Wildman–Crippen MR) is 99.9 cm³/mol. The van der Waals surface area contributed by atoms with E-state index in [0.29, 0.717) is 11.4 Å². The van der Waals surface area contributed by atoms with Crippen LogP contribution in [0.15, 0.2) is 47.5 Å². The smallest absolute Gasteiger partial charge is 0.277 e. The quantitative estimate of drug-likeness (QED) is 0.643. The van der Waals surface area contributed by atoms with Crippen molar-refractivity contribution in [2.45, 2.75) is 13.5 Å². The molecular formula is C18H15ClF2N2O3S. The third kappa shape index (κ3) is 3.96. The fourth-order valence-electron chi connectivity index (χ4n) is 2.56. The molecule has 0 fully saturated rings. The Kier molecular flexibility index (Phi) is 5.48. The second kappa shape index (κ2) is 7.66. The van der Waals surface area contributed by atoms with Gasteiger partial charge in [-0.05, 0) is 25.1 Å². The normalized spacial score (nSPS) is 12.2. The Morgan fingerprint density at radius 1 is 1.22 bits per heavy atom. The van der Waals surface area contributed by atoms with E-state index < -0.39 is 28.2 Å². The Labute approximate surface area is 161 Å². The molecule has 0 bridgehead atoms. The molecule has 1 atom stereocenters. The Hall–Kier alpha value is -2.45. The van der Waals surface area contributed by atoms with Crippen LogP contribution in [0.25, 0.3) is 5.69 Å². The molecule has 9 heteroatoms. The van der Waals surface area contributed by atoms with Gasteiger partial charge in [0.25, 0.3) is 5.56 Å². The van der Waals surface area contributed by atoms with Crippen LogP contribution >= 0.6 is 11.6 Å². The minimum absolute atomic E-state index is 0.0950. The largest absolute Gasteiger partial charge is 0.487 e. The Morgan fingerprint density at radius 2 is 1.96 bits per heavy atom. The molecule has 0 saturated carbocycles. The van der Waals surface area contributed by atoms with Crippen LogP contribution in [-0.2, 0) is 17.6 Å². The molecule has 0 aliphatic carbocycles. The Balaban J connectivity index is 1.92. The molecular weight excluding hydrogens is 398 g/mol. The fourth-order valence-corrected chi connectivity index (χ4v) is 3.24. The lowest BCUT2D eigenvalue weighted by molar-refractivity contribution is 0.298. The molecule has 142 valence electrons. The minimum Gasteiger partial charge on any atom is -0.487 e. The molecule has 0 amide bonds. The van der Waals surface area contributed by atoms with Gasteiger partial charge in [-0.3, -0.25) is 13.3 Å². The standard InChI is InChI=1S/C18H15ClF2N2O3S/c1-11-7-16(26-10-12-3-4-13(20)8-15(12)21)17(19)18(24)23(11)14-5-6-22(9-14)27(2)25/h3-9H,10H2,1-2H3. The van der Waals surface area contributed by atoms with Gasteiger partial charge in [-0.15, -0.1) is 0 Å². The number of hydrogen-bond donors (Lipinski definition) is 0. The molecule has 1 unspecified atom stereocenters. The van der Waals surface area contributed by atoms with Gasteiger partial charge < -0.3 is 4.74 Å². The summed E-state index contributed by atoms with van der Waals surface area (Å²) in [5.74, 6) is -1.34. The molecule has 0 radical (unpaired) electrons. The number of rotatable bonds is 5. The zero-order chi connectivity index (χ0) is 19.7. The molecule has 5 nitrogen and oxygen atoms in total. The number of benzene rings is 1. The maximum absolute atomic E-state index is 13.7. The second-order valence-corrected chi connectivity index (χ2v) is 7.43. The van der Waals surface area contributed by atoms with Crippen molar-refractivity contribution in [2.24, 2.45) is 0 Å². The highest BCUT2D eigenvalue weighted by molar-refractivity contribution is 7.82. The first-order valence-corrected chi connectivity index (χ1v) is 9.68. The van der Waals surface area contributed by atoms with Crippen LogP contribution in [-0.4, -0.2) is 19.0 Å². The van der Waals surface area contributed by atoms with Gasteiger partial charge in [-0.1, -0.05) is 11.6 Å². The van der Waals surface area contributed by atoms with Crippen molar-refractivity contribution in [3.63, 3.8) is 0 Å². The van der Waals surface area contributed by atoms with Crippen molar-refractivity contribution < 1.29 is 17.7 Å². The van der Waals surface area contributed by atoms with Crippen molar-refractivity contribution >= 4 is 22.6 Å². The van der Waals surface area contributed by atoms with E-state index in [1.54, 1.807) is 31.5 Å². The molecule has 1 aromatic carbocycles. The fraction of sp³-hybridized carbons (Fsp3) is 0.167. The van der Waals surface area contributed by atoms with Crippen LogP contribution in [0, 0.1) is 18.6 Å². The molecule has 0 saturated heterocycles. The number of aromatic nitrogens is 2. The van der Waals surface area contributed by atoms with Gasteiger partial charge in [-0.2, -0.15) is 0 Å². The zero-order valence-electron chi connectivity index (χ0n) is 14.4. The summed E-state index contributed by atoms with van der Waals surface area (Å²) in [6, 6.07) is 6.33. The molecule has 0 aliphatic heterocycles. The first-order valence-electron chi connectivity index (χ1n) is 7.79. The van der Waals surface area contributed by atoms with Gasteiger partial charge in [0.05, 0.1) is 5.69 Å². The van der Waals surface area contributed by atoms with Crippen LogP contribution in [0.5, 0.6) is 5.75 Å². The molecule has 0 aliphatic rings. The molecule has 3 rings (SSSR count). The molecule has 2 heterocycles. The molecule has 2 aromatic heterocycles. The third-order valence-corrected chi connectivity index (χ3v) is 5.07. The SMILES string of the molecule is Cc1cc(OCc2ccc(F)cc2F)c(Cl)c(=O)n1-c1ccn(S(C)=O)c1.